The number of fused-ring (bicyclic) bond motifs is 1. The first-order valence-electron chi connectivity index (χ1n) is 8.17. The molecule has 6 nitrogen and oxygen atoms in total. The van der Waals surface area contributed by atoms with Gasteiger partial charge in [0.15, 0.2) is 18.1 Å². The van der Waals surface area contributed by atoms with Gasteiger partial charge in [-0.15, -0.1) is 22.7 Å². The number of benzene rings is 1. The maximum atomic E-state index is 12.4. The van der Waals surface area contributed by atoms with Gasteiger partial charge in [-0.25, -0.2) is 9.78 Å². The van der Waals surface area contributed by atoms with Gasteiger partial charge in [0.1, 0.15) is 5.01 Å². The highest BCUT2D eigenvalue weighted by Gasteiger charge is 2.27. The molecule has 0 unspecified atom stereocenters. The molecule has 0 radical (unpaired) electrons. The van der Waals surface area contributed by atoms with Crippen LogP contribution in [0.4, 0.5) is 5.69 Å². The number of rotatable bonds is 5. The van der Waals surface area contributed by atoms with Crippen LogP contribution in [0.1, 0.15) is 39.3 Å². The highest BCUT2D eigenvalue weighted by molar-refractivity contribution is 7.20. The third-order valence-corrected chi connectivity index (χ3v) is 6.15. The molecule has 27 heavy (non-hydrogen) atoms. The van der Waals surface area contributed by atoms with Gasteiger partial charge in [-0.2, -0.15) is 0 Å². The van der Waals surface area contributed by atoms with Crippen LogP contribution in [0.5, 0.6) is 0 Å². The number of hydrogen-bond acceptors (Lipinski definition) is 7. The Morgan fingerprint density at radius 1 is 1.26 bits per heavy atom. The smallest absolute Gasteiger partial charge is 0.358 e. The van der Waals surface area contributed by atoms with Crippen molar-refractivity contribution >= 4 is 46.0 Å². The van der Waals surface area contributed by atoms with Crippen LogP contribution in [0, 0.1) is 0 Å². The standard InChI is InChI=1S/C19H14N2O4S2/c1-10-12-7-11(4-5-13(12)20-17(10)23)15(22)8-25-19(24)14-9-27-18(21-14)16-3-2-6-26-16/h2-7,9-10H,8H2,1H3,(H,20,23)/t10-/m1/s1. The molecule has 1 aromatic carbocycles. The summed E-state index contributed by atoms with van der Waals surface area (Å²) in [6.07, 6.45) is 0. The quantitative estimate of drug-likeness (QED) is 0.519. The van der Waals surface area contributed by atoms with Gasteiger partial charge in [-0.3, -0.25) is 9.59 Å². The molecule has 3 heterocycles. The van der Waals surface area contributed by atoms with Crippen LogP contribution < -0.4 is 5.32 Å². The van der Waals surface area contributed by atoms with Crippen LogP contribution in [0.25, 0.3) is 9.88 Å². The lowest BCUT2D eigenvalue weighted by Gasteiger charge is -2.06. The molecule has 4 rings (SSSR count). The molecule has 1 N–H and O–H groups in total. The minimum absolute atomic E-state index is 0.0916. The summed E-state index contributed by atoms with van der Waals surface area (Å²) in [7, 11) is 0. The van der Waals surface area contributed by atoms with Crippen molar-refractivity contribution in [3.63, 3.8) is 0 Å². The third kappa shape index (κ3) is 3.41. The fraction of sp³-hybridized carbons (Fsp3) is 0.158. The van der Waals surface area contributed by atoms with Gasteiger partial charge in [0.25, 0.3) is 0 Å². The van der Waals surface area contributed by atoms with Crippen molar-refractivity contribution in [1.29, 1.82) is 0 Å². The first-order chi connectivity index (χ1) is 13.0. The number of ether oxygens (including phenoxy) is 1. The Balaban J connectivity index is 1.41. The molecule has 0 bridgehead atoms. The molecule has 0 saturated heterocycles. The van der Waals surface area contributed by atoms with E-state index < -0.39 is 5.97 Å². The van der Waals surface area contributed by atoms with Gasteiger partial charge < -0.3 is 10.1 Å². The van der Waals surface area contributed by atoms with E-state index >= 15 is 0 Å². The van der Waals surface area contributed by atoms with Crippen molar-refractivity contribution in [3.8, 4) is 9.88 Å². The second kappa shape index (κ2) is 7.05. The van der Waals surface area contributed by atoms with Crippen LogP contribution in [-0.2, 0) is 9.53 Å². The van der Waals surface area contributed by atoms with Gasteiger partial charge in [-0.05, 0) is 42.1 Å². The van der Waals surface area contributed by atoms with Crippen LogP contribution in [0.15, 0.2) is 41.1 Å². The van der Waals surface area contributed by atoms with E-state index in [-0.39, 0.29) is 29.9 Å². The molecule has 1 aliphatic rings. The van der Waals surface area contributed by atoms with Crippen molar-refractivity contribution in [2.45, 2.75) is 12.8 Å². The Labute approximate surface area is 162 Å². The summed E-state index contributed by atoms with van der Waals surface area (Å²) >= 11 is 2.89. The van der Waals surface area contributed by atoms with Crippen molar-refractivity contribution in [3.05, 3.63) is 57.9 Å². The second-order valence-corrected chi connectivity index (χ2v) is 7.83. The minimum Gasteiger partial charge on any atom is -0.453 e. The van der Waals surface area contributed by atoms with E-state index in [1.165, 1.54) is 22.7 Å². The molecule has 0 aliphatic carbocycles. The molecule has 0 saturated carbocycles. The third-order valence-electron chi connectivity index (χ3n) is 4.27. The zero-order chi connectivity index (χ0) is 19.0. The predicted molar refractivity (Wildman–Crippen MR) is 104 cm³/mol. The molecular weight excluding hydrogens is 384 g/mol. The number of Topliss-reactive ketones (excluding diaryl/α,β-unsaturated/α-hetero) is 1. The minimum atomic E-state index is -0.631. The molecule has 1 atom stereocenters. The zero-order valence-corrected chi connectivity index (χ0v) is 15.9. The van der Waals surface area contributed by atoms with Crippen LogP contribution >= 0.6 is 22.7 Å². The average Bonchev–Trinajstić information content (AvgIpc) is 3.40. The number of carbonyl (C=O) groups excluding carboxylic acids is 3. The topological polar surface area (TPSA) is 85.4 Å². The molecule has 1 amide bonds. The van der Waals surface area contributed by atoms with Crippen molar-refractivity contribution in [1.82, 2.24) is 4.98 Å². The number of thiophene rings is 1. The van der Waals surface area contributed by atoms with Crippen molar-refractivity contribution in [2.24, 2.45) is 0 Å². The monoisotopic (exact) mass is 398 g/mol. The Hall–Kier alpha value is -2.84. The van der Waals surface area contributed by atoms with E-state index in [1.54, 1.807) is 30.5 Å². The maximum absolute atomic E-state index is 12.4. The molecular formula is C19H14N2O4S2. The average molecular weight is 398 g/mol. The highest BCUT2D eigenvalue weighted by Crippen LogP contribution is 2.33. The van der Waals surface area contributed by atoms with Crippen molar-refractivity contribution in [2.75, 3.05) is 11.9 Å². The summed E-state index contributed by atoms with van der Waals surface area (Å²) in [5.41, 5.74) is 2.08. The first-order valence-corrected chi connectivity index (χ1v) is 9.93. The second-order valence-electron chi connectivity index (χ2n) is 6.03. The molecule has 136 valence electrons. The fourth-order valence-corrected chi connectivity index (χ4v) is 4.36. The van der Waals surface area contributed by atoms with Gasteiger partial charge in [0.05, 0.1) is 10.8 Å². The zero-order valence-electron chi connectivity index (χ0n) is 14.2. The number of amides is 1. The summed E-state index contributed by atoms with van der Waals surface area (Å²) in [4.78, 5) is 41.5. The van der Waals surface area contributed by atoms with E-state index in [2.05, 4.69) is 10.3 Å². The number of thiazole rings is 1. The lowest BCUT2D eigenvalue weighted by atomic mass is 9.99. The van der Waals surface area contributed by atoms with Crippen LogP contribution in [0.3, 0.4) is 0 Å². The normalized spacial score (nSPS) is 15.3. The largest absolute Gasteiger partial charge is 0.453 e. The number of esters is 1. The number of nitrogens with one attached hydrogen (secondary N) is 1. The van der Waals surface area contributed by atoms with E-state index in [0.717, 1.165) is 15.4 Å². The molecule has 0 fully saturated rings. The molecule has 0 spiro atoms. The lowest BCUT2D eigenvalue weighted by Crippen LogP contribution is -2.14. The van der Waals surface area contributed by atoms with Gasteiger partial charge >= 0.3 is 5.97 Å². The van der Waals surface area contributed by atoms with E-state index in [1.807, 2.05) is 17.5 Å². The summed E-state index contributed by atoms with van der Waals surface area (Å²) in [5.74, 6) is -1.35. The number of anilines is 1. The number of ketones is 1. The fourth-order valence-electron chi connectivity index (χ4n) is 2.76. The Kier molecular flexibility index (Phi) is 4.59. The summed E-state index contributed by atoms with van der Waals surface area (Å²) < 4.78 is 5.12. The van der Waals surface area contributed by atoms with Crippen molar-refractivity contribution < 1.29 is 19.1 Å². The Morgan fingerprint density at radius 2 is 2.11 bits per heavy atom. The van der Waals surface area contributed by atoms with E-state index in [9.17, 15) is 14.4 Å². The van der Waals surface area contributed by atoms with Crippen LogP contribution in [-0.4, -0.2) is 29.3 Å². The summed E-state index contributed by atoms with van der Waals surface area (Å²) in [5, 5.41) is 7.06. The molecule has 2 aromatic heterocycles. The van der Waals surface area contributed by atoms with Gasteiger partial charge in [0.2, 0.25) is 5.91 Å². The van der Waals surface area contributed by atoms with Gasteiger partial charge in [0, 0.05) is 16.6 Å². The number of hydrogen-bond donors (Lipinski definition) is 1. The predicted octanol–water partition coefficient (Wildman–Crippen LogP) is 3.97. The molecule has 1 aliphatic heterocycles. The van der Waals surface area contributed by atoms with E-state index in [4.69, 9.17) is 4.74 Å². The van der Waals surface area contributed by atoms with Crippen LogP contribution in [0.2, 0.25) is 0 Å². The number of nitrogens with zero attached hydrogens (tertiary/aromatic N) is 1. The summed E-state index contributed by atoms with van der Waals surface area (Å²) in [6, 6.07) is 8.82. The maximum Gasteiger partial charge on any atom is 0.358 e. The Morgan fingerprint density at radius 3 is 2.89 bits per heavy atom. The first kappa shape index (κ1) is 17.6. The van der Waals surface area contributed by atoms with Gasteiger partial charge in [-0.1, -0.05) is 6.07 Å². The molecule has 8 heteroatoms. The summed E-state index contributed by atoms with van der Waals surface area (Å²) in [6.45, 7) is 1.40. The highest BCUT2D eigenvalue weighted by atomic mass is 32.1. The SMILES string of the molecule is C[C@H]1C(=O)Nc2ccc(C(=O)COC(=O)c3csc(-c4cccs4)n3)cc21. The number of carbonyl (C=O) groups is 3. The lowest BCUT2D eigenvalue weighted by molar-refractivity contribution is -0.116. The Bertz CT molecular complexity index is 1040. The van der Waals surface area contributed by atoms with E-state index in [0.29, 0.717) is 11.3 Å². The molecule has 3 aromatic rings. The number of aromatic nitrogens is 1.